The molecule has 1 aromatic carbocycles. The molecule has 1 atom stereocenters. The van der Waals surface area contributed by atoms with Crippen LogP contribution in [0.3, 0.4) is 0 Å². The topological polar surface area (TPSA) is 49.4 Å². The van der Waals surface area contributed by atoms with Gasteiger partial charge in [0.05, 0.1) is 16.5 Å². The molecule has 5 heteroatoms. The molecule has 0 spiro atoms. The monoisotopic (exact) mass is 294 g/mol. The summed E-state index contributed by atoms with van der Waals surface area (Å²) in [7, 11) is 0. The number of carbonyl (C=O) groups excluding carboxylic acids is 2. The number of amides is 2. The van der Waals surface area contributed by atoms with Crippen molar-refractivity contribution in [1.82, 2.24) is 4.90 Å². The molecule has 1 aromatic rings. The Hall–Kier alpha value is -1.49. The number of thioether (sulfide) groups is 1. The van der Waals surface area contributed by atoms with Crippen LogP contribution < -0.4 is 5.32 Å². The number of anilines is 1. The Morgan fingerprint density at radius 3 is 2.40 bits per heavy atom. The van der Waals surface area contributed by atoms with Crippen molar-refractivity contribution in [2.45, 2.75) is 26.0 Å². The quantitative estimate of drug-likeness (QED) is 0.877. The number of nitrogens with zero attached hydrogens (tertiary/aromatic N) is 1. The molecule has 0 heterocycles. The first-order valence-electron chi connectivity index (χ1n) is 6.77. The van der Waals surface area contributed by atoms with Gasteiger partial charge in [0.1, 0.15) is 0 Å². The number of carbonyl (C=O) groups is 2. The van der Waals surface area contributed by atoms with Crippen LogP contribution in [0.4, 0.5) is 5.69 Å². The smallest absolute Gasteiger partial charge is 0.255 e. The molecule has 1 unspecified atom stereocenters. The highest BCUT2D eigenvalue weighted by atomic mass is 32.2. The molecule has 110 valence electrons. The molecule has 1 rings (SSSR count). The molecular formula is C15H22N2O2S. The summed E-state index contributed by atoms with van der Waals surface area (Å²) in [4.78, 5) is 26.1. The Kier molecular flexibility index (Phi) is 6.58. The first kappa shape index (κ1) is 16.6. The van der Waals surface area contributed by atoms with E-state index in [0.717, 1.165) is 0 Å². The van der Waals surface area contributed by atoms with Gasteiger partial charge < -0.3 is 10.2 Å². The molecule has 2 amide bonds. The summed E-state index contributed by atoms with van der Waals surface area (Å²) in [6, 6.07) is 7.14. The number of hydrogen-bond donors (Lipinski definition) is 1. The van der Waals surface area contributed by atoms with Gasteiger partial charge in [-0.15, -0.1) is 0 Å². The van der Waals surface area contributed by atoms with E-state index in [9.17, 15) is 9.59 Å². The number of rotatable bonds is 6. The van der Waals surface area contributed by atoms with Crippen molar-refractivity contribution in [3.8, 4) is 0 Å². The molecule has 1 N–H and O–H groups in total. The van der Waals surface area contributed by atoms with Crippen molar-refractivity contribution >= 4 is 29.3 Å². The molecule has 0 aliphatic heterocycles. The highest BCUT2D eigenvalue weighted by molar-refractivity contribution is 7.99. The molecule has 20 heavy (non-hydrogen) atoms. The van der Waals surface area contributed by atoms with Gasteiger partial charge in [0.15, 0.2) is 0 Å². The Bertz CT molecular complexity index is 473. The van der Waals surface area contributed by atoms with Crippen molar-refractivity contribution in [3.05, 3.63) is 29.8 Å². The van der Waals surface area contributed by atoms with Crippen LogP contribution in [-0.2, 0) is 4.79 Å². The second-order valence-corrected chi connectivity index (χ2v) is 5.57. The third kappa shape index (κ3) is 4.00. The number of nitrogens with one attached hydrogen (secondary N) is 1. The average molecular weight is 294 g/mol. The molecule has 0 saturated carbocycles. The Morgan fingerprint density at radius 1 is 1.25 bits per heavy atom. The van der Waals surface area contributed by atoms with Gasteiger partial charge in [-0.3, -0.25) is 9.59 Å². The average Bonchev–Trinajstić information content (AvgIpc) is 2.47. The van der Waals surface area contributed by atoms with E-state index in [2.05, 4.69) is 5.32 Å². The maximum atomic E-state index is 12.4. The van der Waals surface area contributed by atoms with Gasteiger partial charge in [-0.05, 0) is 39.2 Å². The van der Waals surface area contributed by atoms with Crippen LogP contribution in [0.5, 0.6) is 0 Å². The van der Waals surface area contributed by atoms with Gasteiger partial charge in [-0.1, -0.05) is 12.1 Å². The van der Waals surface area contributed by atoms with Crippen LogP contribution in [0, 0.1) is 0 Å². The summed E-state index contributed by atoms with van der Waals surface area (Å²) >= 11 is 1.47. The largest absolute Gasteiger partial charge is 0.339 e. The molecule has 0 radical (unpaired) electrons. The molecule has 0 fully saturated rings. The van der Waals surface area contributed by atoms with Crippen LogP contribution in [0.25, 0.3) is 0 Å². The summed E-state index contributed by atoms with van der Waals surface area (Å²) in [6.45, 7) is 7.03. The zero-order valence-electron chi connectivity index (χ0n) is 12.5. The maximum Gasteiger partial charge on any atom is 0.255 e. The summed E-state index contributed by atoms with van der Waals surface area (Å²) in [6.07, 6.45) is 1.89. The van der Waals surface area contributed by atoms with Crippen molar-refractivity contribution in [1.29, 1.82) is 0 Å². The van der Waals surface area contributed by atoms with Crippen LogP contribution >= 0.6 is 11.8 Å². The van der Waals surface area contributed by atoms with Crippen molar-refractivity contribution in [2.24, 2.45) is 0 Å². The van der Waals surface area contributed by atoms with Crippen LogP contribution in [0.1, 0.15) is 31.1 Å². The minimum Gasteiger partial charge on any atom is -0.339 e. The number of hydrogen-bond acceptors (Lipinski definition) is 3. The first-order chi connectivity index (χ1) is 9.54. The summed E-state index contributed by atoms with van der Waals surface area (Å²) in [5.41, 5.74) is 1.12. The molecule has 0 saturated heterocycles. The van der Waals surface area contributed by atoms with E-state index < -0.39 is 0 Å². The molecule has 0 aliphatic rings. The summed E-state index contributed by atoms with van der Waals surface area (Å²) in [5, 5.41) is 2.69. The Balaban J connectivity index is 2.99. The zero-order chi connectivity index (χ0) is 15.1. The predicted molar refractivity (Wildman–Crippen MR) is 85.3 cm³/mol. The third-order valence-corrected chi connectivity index (χ3v) is 4.11. The normalized spacial score (nSPS) is 11.8. The van der Waals surface area contributed by atoms with Gasteiger partial charge in [0.2, 0.25) is 5.91 Å². The fourth-order valence-electron chi connectivity index (χ4n) is 1.80. The fraction of sp³-hybridized carbons (Fsp3) is 0.467. The van der Waals surface area contributed by atoms with Gasteiger partial charge in [-0.25, -0.2) is 0 Å². The summed E-state index contributed by atoms with van der Waals surface area (Å²) in [5.74, 6) is -0.139. The van der Waals surface area contributed by atoms with E-state index in [1.165, 1.54) is 11.8 Å². The van der Waals surface area contributed by atoms with Crippen molar-refractivity contribution < 1.29 is 9.59 Å². The van der Waals surface area contributed by atoms with E-state index in [1.54, 1.807) is 17.0 Å². The first-order valence-corrected chi connectivity index (χ1v) is 8.05. The molecule has 0 aromatic heterocycles. The van der Waals surface area contributed by atoms with E-state index in [1.807, 2.05) is 39.2 Å². The minimum absolute atomic E-state index is 0.0531. The van der Waals surface area contributed by atoms with Gasteiger partial charge in [-0.2, -0.15) is 11.8 Å². The lowest BCUT2D eigenvalue weighted by molar-refractivity contribution is -0.115. The highest BCUT2D eigenvalue weighted by Gasteiger charge is 2.19. The third-order valence-electron chi connectivity index (χ3n) is 3.19. The lowest BCUT2D eigenvalue weighted by Crippen LogP contribution is -2.32. The minimum atomic E-state index is -0.147. The number of benzene rings is 1. The maximum absolute atomic E-state index is 12.4. The van der Waals surface area contributed by atoms with Crippen LogP contribution in [0.15, 0.2) is 24.3 Å². The Morgan fingerprint density at radius 2 is 1.85 bits per heavy atom. The summed E-state index contributed by atoms with van der Waals surface area (Å²) < 4.78 is 0. The lowest BCUT2D eigenvalue weighted by atomic mass is 10.1. The molecule has 0 bridgehead atoms. The van der Waals surface area contributed by atoms with E-state index >= 15 is 0 Å². The SMILES string of the molecule is CCN(CC)C(=O)c1ccccc1NC(=O)C(C)SC. The van der Waals surface area contributed by atoms with Crippen molar-refractivity contribution in [2.75, 3.05) is 24.7 Å². The lowest BCUT2D eigenvalue weighted by Gasteiger charge is -2.21. The second kappa shape index (κ2) is 7.94. The van der Waals surface area contributed by atoms with Gasteiger partial charge in [0.25, 0.3) is 5.91 Å². The van der Waals surface area contributed by atoms with Crippen molar-refractivity contribution in [3.63, 3.8) is 0 Å². The van der Waals surface area contributed by atoms with E-state index in [-0.39, 0.29) is 17.1 Å². The predicted octanol–water partition coefficient (Wildman–Crippen LogP) is 2.86. The Labute approximate surface area is 124 Å². The molecule has 4 nitrogen and oxygen atoms in total. The molecular weight excluding hydrogens is 272 g/mol. The highest BCUT2D eigenvalue weighted by Crippen LogP contribution is 2.19. The fourth-order valence-corrected chi connectivity index (χ4v) is 2.07. The standard InChI is InChI=1S/C15H22N2O2S/c1-5-17(6-2)15(19)12-9-7-8-10-13(12)16-14(18)11(3)20-4/h7-11H,5-6H2,1-4H3,(H,16,18). The second-order valence-electron chi connectivity index (χ2n) is 4.39. The van der Waals surface area contributed by atoms with E-state index in [0.29, 0.717) is 24.3 Å². The van der Waals surface area contributed by atoms with Crippen LogP contribution in [0.2, 0.25) is 0 Å². The van der Waals surface area contributed by atoms with Crippen LogP contribution in [-0.4, -0.2) is 41.3 Å². The zero-order valence-corrected chi connectivity index (χ0v) is 13.3. The molecule has 0 aliphatic carbocycles. The van der Waals surface area contributed by atoms with E-state index in [4.69, 9.17) is 0 Å². The van der Waals surface area contributed by atoms with Gasteiger partial charge in [0, 0.05) is 13.1 Å². The number of para-hydroxylation sites is 1. The van der Waals surface area contributed by atoms with Gasteiger partial charge >= 0.3 is 0 Å².